The van der Waals surface area contributed by atoms with Gasteiger partial charge in [0.25, 0.3) is 0 Å². The number of carbonyl (C=O) groups is 2. The van der Waals surface area contributed by atoms with Crippen molar-refractivity contribution in [3.8, 4) is 0 Å². The topological polar surface area (TPSA) is 49.4 Å². The van der Waals surface area contributed by atoms with E-state index in [1.165, 1.54) is 22.7 Å². The van der Waals surface area contributed by atoms with Gasteiger partial charge in [0.2, 0.25) is 11.8 Å². The van der Waals surface area contributed by atoms with Crippen LogP contribution in [0.15, 0.2) is 78.9 Å². The van der Waals surface area contributed by atoms with Crippen LogP contribution in [-0.2, 0) is 28.3 Å². The molecule has 0 bridgehead atoms. The molecule has 178 valence electrons. The minimum absolute atomic E-state index is 0.00674. The molecule has 0 radical (unpaired) electrons. The number of amides is 2. The quantitative estimate of drug-likeness (QED) is 0.380. The van der Waals surface area contributed by atoms with Crippen LogP contribution < -0.4 is 5.32 Å². The molecule has 0 heterocycles. The molecule has 7 heteroatoms. The summed E-state index contributed by atoms with van der Waals surface area (Å²) < 4.78 is 14.5. The minimum Gasteiger partial charge on any atom is -0.355 e. The summed E-state index contributed by atoms with van der Waals surface area (Å²) in [6, 6.07) is 22.6. The Balaban J connectivity index is 1.84. The van der Waals surface area contributed by atoms with E-state index < -0.39 is 11.9 Å². The molecule has 3 aromatic rings. The molecule has 0 aliphatic heterocycles. The van der Waals surface area contributed by atoms with E-state index in [2.05, 4.69) is 5.32 Å². The Morgan fingerprint density at radius 3 is 2.29 bits per heavy atom. The van der Waals surface area contributed by atoms with Crippen molar-refractivity contribution < 1.29 is 14.0 Å². The van der Waals surface area contributed by atoms with Crippen molar-refractivity contribution in [2.75, 3.05) is 12.3 Å². The second kappa shape index (κ2) is 13.2. The summed E-state index contributed by atoms with van der Waals surface area (Å²) in [7, 11) is 0. The van der Waals surface area contributed by atoms with Gasteiger partial charge in [-0.3, -0.25) is 9.59 Å². The van der Waals surface area contributed by atoms with Crippen molar-refractivity contribution >= 4 is 35.2 Å². The molecule has 2 amide bonds. The standard InChI is InChI=1S/C27H28ClFN2O2S/c1-2-30-27(33)25(16-20-10-4-3-5-11-20)31(17-21-12-7-9-15-24(21)29)26(32)19-34-18-22-13-6-8-14-23(22)28/h3-15,25H,2,16-19H2,1H3,(H,30,33)/t25-/m0/s1. The number of likely N-dealkylation sites (N-methyl/N-ethyl adjacent to an activating group) is 1. The van der Waals surface area contributed by atoms with Crippen LogP contribution >= 0.6 is 23.4 Å². The number of hydrogen-bond donors (Lipinski definition) is 1. The van der Waals surface area contributed by atoms with E-state index in [1.54, 1.807) is 18.2 Å². The fourth-order valence-corrected chi connectivity index (χ4v) is 4.80. The predicted octanol–water partition coefficient (Wildman–Crippen LogP) is 5.49. The summed E-state index contributed by atoms with van der Waals surface area (Å²) in [6.45, 7) is 2.28. The van der Waals surface area contributed by atoms with Gasteiger partial charge in [-0.2, -0.15) is 0 Å². The molecular formula is C27H28ClFN2O2S. The van der Waals surface area contributed by atoms with E-state index >= 15 is 0 Å². The molecule has 4 nitrogen and oxygen atoms in total. The summed E-state index contributed by atoms with van der Waals surface area (Å²) in [6.07, 6.45) is 0.335. The Bertz CT molecular complexity index is 1100. The van der Waals surface area contributed by atoms with Crippen molar-refractivity contribution in [3.63, 3.8) is 0 Å². The maximum absolute atomic E-state index is 14.5. The Morgan fingerprint density at radius 2 is 1.62 bits per heavy atom. The van der Waals surface area contributed by atoms with Crippen LogP contribution in [-0.4, -0.2) is 35.1 Å². The lowest BCUT2D eigenvalue weighted by atomic mass is 10.0. The molecule has 0 fully saturated rings. The van der Waals surface area contributed by atoms with E-state index in [0.717, 1.165) is 11.1 Å². The number of thioether (sulfide) groups is 1. The predicted molar refractivity (Wildman–Crippen MR) is 137 cm³/mol. The number of nitrogens with zero attached hydrogens (tertiary/aromatic N) is 1. The van der Waals surface area contributed by atoms with E-state index in [4.69, 9.17) is 11.6 Å². The lowest BCUT2D eigenvalue weighted by molar-refractivity contribution is -0.139. The van der Waals surface area contributed by atoms with Crippen LogP contribution in [0, 0.1) is 5.82 Å². The number of halogens is 2. The maximum Gasteiger partial charge on any atom is 0.243 e. The second-order valence-corrected chi connectivity index (χ2v) is 9.19. The van der Waals surface area contributed by atoms with Crippen molar-refractivity contribution in [3.05, 3.63) is 106 Å². The van der Waals surface area contributed by atoms with E-state index in [-0.39, 0.29) is 24.1 Å². The van der Waals surface area contributed by atoms with Crippen LogP contribution in [0.5, 0.6) is 0 Å². The molecule has 0 aliphatic carbocycles. The van der Waals surface area contributed by atoms with Crippen LogP contribution in [0.25, 0.3) is 0 Å². The number of benzene rings is 3. The van der Waals surface area contributed by atoms with Crippen LogP contribution in [0.3, 0.4) is 0 Å². The molecule has 34 heavy (non-hydrogen) atoms. The molecule has 1 atom stereocenters. The van der Waals surface area contributed by atoms with E-state index in [0.29, 0.717) is 29.3 Å². The van der Waals surface area contributed by atoms with Crippen molar-refractivity contribution in [2.24, 2.45) is 0 Å². The first-order valence-electron chi connectivity index (χ1n) is 11.1. The summed E-state index contributed by atoms with van der Waals surface area (Å²) in [4.78, 5) is 28.0. The summed E-state index contributed by atoms with van der Waals surface area (Å²) in [5, 5.41) is 3.49. The summed E-state index contributed by atoms with van der Waals surface area (Å²) in [5.74, 6) is -0.189. The number of carbonyl (C=O) groups excluding carboxylic acids is 2. The number of rotatable bonds is 11. The van der Waals surface area contributed by atoms with Gasteiger partial charge in [0.05, 0.1) is 5.75 Å². The van der Waals surface area contributed by atoms with Crippen LogP contribution in [0.2, 0.25) is 5.02 Å². The van der Waals surface area contributed by atoms with Gasteiger partial charge in [-0.1, -0.05) is 78.3 Å². The highest BCUT2D eigenvalue weighted by molar-refractivity contribution is 7.99. The summed E-state index contributed by atoms with van der Waals surface area (Å²) >= 11 is 7.66. The molecule has 1 N–H and O–H groups in total. The average Bonchev–Trinajstić information content (AvgIpc) is 2.84. The second-order valence-electron chi connectivity index (χ2n) is 7.80. The number of hydrogen-bond acceptors (Lipinski definition) is 3. The van der Waals surface area contributed by atoms with Gasteiger partial charge < -0.3 is 10.2 Å². The SMILES string of the molecule is CCNC(=O)[C@H](Cc1ccccc1)N(Cc1ccccc1F)C(=O)CSCc1ccccc1Cl. The zero-order valence-electron chi connectivity index (χ0n) is 19.0. The first-order valence-corrected chi connectivity index (χ1v) is 12.7. The molecule has 0 unspecified atom stereocenters. The Kier molecular flexibility index (Phi) is 9.98. The fourth-order valence-electron chi connectivity index (χ4n) is 3.60. The fraction of sp³-hybridized carbons (Fsp3) is 0.259. The average molecular weight is 499 g/mol. The maximum atomic E-state index is 14.5. The van der Waals surface area contributed by atoms with Gasteiger partial charge in [-0.15, -0.1) is 11.8 Å². The zero-order chi connectivity index (χ0) is 24.3. The Morgan fingerprint density at radius 1 is 0.971 bits per heavy atom. The smallest absolute Gasteiger partial charge is 0.243 e. The summed E-state index contributed by atoms with van der Waals surface area (Å²) in [5.41, 5.74) is 2.23. The first-order chi connectivity index (χ1) is 16.5. The molecule has 0 spiro atoms. The van der Waals surface area contributed by atoms with Crippen LogP contribution in [0.4, 0.5) is 4.39 Å². The molecule has 0 aliphatic rings. The largest absolute Gasteiger partial charge is 0.355 e. The molecule has 0 saturated heterocycles. The Labute approximate surface area is 209 Å². The number of nitrogens with one attached hydrogen (secondary N) is 1. The lowest BCUT2D eigenvalue weighted by Crippen LogP contribution is -2.51. The van der Waals surface area contributed by atoms with Crippen molar-refractivity contribution in [1.29, 1.82) is 0 Å². The zero-order valence-corrected chi connectivity index (χ0v) is 20.6. The third-order valence-electron chi connectivity index (χ3n) is 5.36. The van der Waals surface area contributed by atoms with Gasteiger partial charge in [-0.25, -0.2) is 4.39 Å². The van der Waals surface area contributed by atoms with Crippen molar-refractivity contribution in [2.45, 2.75) is 31.7 Å². The van der Waals surface area contributed by atoms with Gasteiger partial charge >= 0.3 is 0 Å². The highest BCUT2D eigenvalue weighted by Gasteiger charge is 2.30. The third kappa shape index (κ3) is 7.34. The molecule has 3 aromatic carbocycles. The minimum atomic E-state index is -0.768. The van der Waals surface area contributed by atoms with Gasteiger partial charge in [0.1, 0.15) is 11.9 Å². The van der Waals surface area contributed by atoms with Gasteiger partial charge in [0.15, 0.2) is 0 Å². The third-order valence-corrected chi connectivity index (χ3v) is 6.70. The molecule has 3 rings (SSSR count). The highest BCUT2D eigenvalue weighted by Crippen LogP contribution is 2.23. The van der Waals surface area contributed by atoms with E-state index in [9.17, 15) is 14.0 Å². The highest BCUT2D eigenvalue weighted by atomic mass is 35.5. The Hall–Kier alpha value is -2.83. The molecular weight excluding hydrogens is 471 g/mol. The lowest BCUT2D eigenvalue weighted by Gasteiger charge is -2.31. The first kappa shape index (κ1) is 25.8. The van der Waals surface area contributed by atoms with E-state index in [1.807, 2.05) is 61.5 Å². The normalized spacial score (nSPS) is 11.6. The molecule has 0 aromatic heterocycles. The van der Waals surface area contributed by atoms with Gasteiger partial charge in [-0.05, 0) is 30.2 Å². The van der Waals surface area contributed by atoms with Crippen molar-refractivity contribution in [1.82, 2.24) is 10.2 Å². The van der Waals surface area contributed by atoms with Gasteiger partial charge in [0, 0.05) is 35.8 Å². The monoisotopic (exact) mass is 498 g/mol. The van der Waals surface area contributed by atoms with Crippen LogP contribution in [0.1, 0.15) is 23.6 Å². The molecule has 0 saturated carbocycles.